The molecule has 0 aliphatic carbocycles. The molecule has 3 heterocycles. The molecule has 3 aromatic rings. The first-order valence-corrected chi connectivity index (χ1v) is 7.90. The SMILES string of the molecule is Cc1ccc(-c2nc3c(o2)CCN(c2ncccc2C#N)C3)cc1. The van der Waals surface area contributed by atoms with Crippen LogP contribution in [-0.2, 0) is 13.0 Å². The molecule has 0 N–H and O–H groups in total. The first-order chi connectivity index (χ1) is 11.7. The van der Waals surface area contributed by atoms with Crippen molar-refractivity contribution >= 4 is 5.82 Å². The summed E-state index contributed by atoms with van der Waals surface area (Å²) in [4.78, 5) is 11.1. The van der Waals surface area contributed by atoms with E-state index in [9.17, 15) is 5.26 Å². The zero-order chi connectivity index (χ0) is 16.5. The van der Waals surface area contributed by atoms with Crippen molar-refractivity contribution in [1.29, 1.82) is 5.26 Å². The van der Waals surface area contributed by atoms with Gasteiger partial charge >= 0.3 is 0 Å². The van der Waals surface area contributed by atoms with E-state index in [2.05, 4.69) is 40.0 Å². The van der Waals surface area contributed by atoms with E-state index in [-0.39, 0.29) is 0 Å². The minimum atomic E-state index is 0.586. The number of oxazole rings is 1. The van der Waals surface area contributed by atoms with Gasteiger partial charge in [-0.1, -0.05) is 17.7 Å². The Morgan fingerprint density at radius 2 is 2.04 bits per heavy atom. The standard InChI is InChI=1S/C19H16N4O/c1-13-4-6-14(7-5-13)19-22-16-12-23(10-8-17(16)24-19)18-15(11-20)3-2-9-21-18/h2-7,9H,8,10,12H2,1H3. The smallest absolute Gasteiger partial charge is 0.226 e. The predicted octanol–water partition coefficient (Wildman–Crippen LogP) is 3.48. The molecule has 24 heavy (non-hydrogen) atoms. The van der Waals surface area contributed by atoms with Crippen molar-refractivity contribution in [3.05, 3.63) is 65.2 Å². The molecular formula is C19H16N4O. The van der Waals surface area contributed by atoms with Gasteiger partial charge in [-0.05, 0) is 31.2 Å². The fourth-order valence-corrected chi connectivity index (χ4v) is 2.94. The summed E-state index contributed by atoms with van der Waals surface area (Å²) in [5.41, 5.74) is 3.70. The quantitative estimate of drug-likeness (QED) is 0.724. The summed E-state index contributed by atoms with van der Waals surface area (Å²) in [6, 6.07) is 13.9. The summed E-state index contributed by atoms with van der Waals surface area (Å²) >= 11 is 0. The maximum atomic E-state index is 9.27. The molecule has 0 radical (unpaired) electrons. The van der Waals surface area contributed by atoms with Gasteiger partial charge in [0.15, 0.2) is 0 Å². The van der Waals surface area contributed by atoms with E-state index in [1.54, 1.807) is 18.3 Å². The van der Waals surface area contributed by atoms with Crippen molar-refractivity contribution < 1.29 is 4.42 Å². The third-order valence-electron chi connectivity index (χ3n) is 4.23. The molecular weight excluding hydrogens is 300 g/mol. The van der Waals surface area contributed by atoms with Crippen LogP contribution in [0.5, 0.6) is 0 Å². The average Bonchev–Trinajstić information content (AvgIpc) is 3.05. The Kier molecular flexibility index (Phi) is 3.51. The lowest BCUT2D eigenvalue weighted by molar-refractivity contribution is 0.498. The summed E-state index contributed by atoms with van der Waals surface area (Å²) in [5, 5.41) is 9.27. The maximum absolute atomic E-state index is 9.27. The van der Waals surface area contributed by atoms with Crippen LogP contribution in [0.1, 0.15) is 22.6 Å². The normalized spacial score (nSPS) is 13.4. The number of benzene rings is 1. The van der Waals surface area contributed by atoms with Crippen LogP contribution in [-0.4, -0.2) is 16.5 Å². The van der Waals surface area contributed by atoms with Gasteiger partial charge in [0.1, 0.15) is 23.3 Å². The van der Waals surface area contributed by atoms with E-state index in [1.807, 2.05) is 12.1 Å². The molecule has 2 aromatic heterocycles. The maximum Gasteiger partial charge on any atom is 0.226 e. The second kappa shape index (κ2) is 5.82. The van der Waals surface area contributed by atoms with Gasteiger partial charge in [-0.2, -0.15) is 5.26 Å². The second-order valence-electron chi connectivity index (χ2n) is 5.91. The van der Waals surface area contributed by atoms with Gasteiger partial charge in [0.2, 0.25) is 5.89 Å². The molecule has 0 fully saturated rings. The van der Waals surface area contributed by atoms with Gasteiger partial charge in [0, 0.05) is 24.7 Å². The highest BCUT2D eigenvalue weighted by Gasteiger charge is 2.24. The van der Waals surface area contributed by atoms with Gasteiger partial charge in [-0.3, -0.25) is 0 Å². The summed E-state index contributed by atoms with van der Waals surface area (Å²) in [5.74, 6) is 2.30. The molecule has 0 bridgehead atoms. The zero-order valence-corrected chi connectivity index (χ0v) is 13.4. The van der Waals surface area contributed by atoms with Gasteiger partial charge in [-0.15, -0.1) is 0 Å². The lowest BCUT2D eigenvalue weighted by Gasteiger charge is -2.26. The third-order valence-corrected chi connectivity index (χ3v) is 4.23. The van der Waals surface area contributed by atoms with Gasteiger partial charge < -0.3 is 9.32 Å². The topological polar surface area (TPSA) is 66.0 Å². The molecule has 0 saturated heterocycles. The lowest BCUT2D eigenvalue weighted by Crippen LogP contribution is -2.31. The zero-order valence-electron chi connectivity index (χ0n) is 13.4. The van der Waals surface area contributed by atoms with E-state index in [1.165, 1.54) is 5.56 Å². The molecule has 4 rings (SSSR count). The molecule has 5 heteroatoms. The van der Waals surface area contributed by atoms with Crippen LogP contribution in [0, 0.1) is 18.3 Å². The summed E-state index contributed by atoms with van der Waals surface area (Å²) in [6.07, 6.45) is 2.47. The van der Waals surface area contributed by atoms with Crippen LogP contribution >= 0.6 is 0 Å². The number of hydrogen-bond donors (Lipinski definition) is 0. The van der Waals surface area contributed by atoms with Crippen LogP contribution in [0.15, 0.2) is 47.0 Å². The van der Waals surface area contributed by atoms with Gasteiger partial charge in [0.25, 0.3) is 0 Å². The number of anilines is 1. The number of fused-ring (bicyclic) bond motifs is 1. The fourth-order valence-electron chi connectivity index (χ4n) is 2.94. The second-order valence-corrected chi connectivity index (χ2v) is 5.91. The Balaban J connectivity index is 1.64. The highest BCUT2D eigenvalue weighted by Crippen LogP contribution is 2.29. The Morgan fingerprint density at radius 1 is 1.21 bits per heavy atom. The number of nitrogens with zero attached hydrogens (tertiary/aromatic N) is 4. The van der Waals surface area contributed by atoms with Crippen molar-refractivity contribution in [1.82, 2.24) is 9.97 Å². The first kappa shape index (κ1) is 14.5. The largest absolute Gasteiger partial charge is 0.441 e. The average molecular weight is 316 g/mol. The number of pyridine rings is 1. The van der Waals surface area contributed by atoms with E-state index in [0.29, 0.717) is 23.8 Å². The minimum absolute atomic E-state index is 0.586. The third kappa shape index (κ3) is 2.52. The minimum Gasteiger partial charge on any atom is -0.441 e. The van der Waals surface area contributed by atoms with E-state index in [4.69, 9.17) is 4.42 Å². The Morgan fingerprint density at radius 3 is 2.83 bits per heavy atom. The molecule has 0 unspecified atom stereocenters. The molecule has 118 valence electrons. The summed E-state index contributed by atoms with van der Waals surface area (Å²) in [7, 11) is 0. The molecule has 1 aliphatic heterocycles. The number of nitriles is 1. The molecule has 0 saturated carbocycles. The molecule has 1 aromatic carbocycles. The Hall–Kier alpha value is -3.13. The van der Waals surface area contributed by atoms with Crippen molar-refractivity contribution in [2.24, 2.45) is 0 Å². The summed E-state index contributed by atoms with van der Waals surface area (Å²) in [6.45, 7) is 3.43. The van der Waals surface area contributed by atoms with Gasteiger partial charge in [-0.25, -0.2) is 9.97 Å². The van der Waals surface area contributed by atoms with E-state index in [0.717, 1.165) is 30.0 Å². The summed E-state index contributed by atoms with van der Waals surface area (Å²) < 4.78 is 5.95. The molecule has 0 amide bonds. The highest BCUT2D eigenvalue weighted by atomic mass is 16.4. The van der Waals surface area contributed by atoms with E-state index < -0.39 is 0 Å². The van der Waals surface area contributed by atoms with Crippen molar-refractivity contribution in [2.45, 2.75) is 19.9 Å². The molecule has 5 nitrogen and oxygen atoms in total. The van der Waals surface area contributed by atoms with Crippen molar-refractivity contribution in [3.63, 3.8) is 0 Å². The monoisotopic (exact) mass is 316 g/mol. The Labute approximate surface area is 140 Å². The first-order valence-electron chi connectivity index (χ1n) is 7.90. The molecule has 0 atom stereocenters. The highest BCUT2D eigenvalue weighted by molar-refractivity contribution is 5.57. The Bertz CT molecular complexity index is 921. The van der Waals surface area contributed by atoms with Crippen molar-refractivity contribution in [2.75, 3.05) is 11.4 Å². The lowest BCUT2D eigenvalue weighted by atomic mass is 10.1. The number of aryl methyl sites for hydroxylation is 1. The van der Waals surface area contributed by atoms with Crippen molar-refractivity contribution in [3.8, 4) is 17.5 Å². The van der Waals surface area contributed by atoms with Crippen LogP contribution in [0.4, 0.5) is 5.82 Å². The van der Waals surface area contributed by atoms with Crippen LogP contribution < -0.4 is 4.90 Å². The van der Waals surface area contributed by atoms with Gasteiger partial charge in [0.05, 0.1) is 12.1 Å². The molecule has 1 aliphatic rings. The van der Waals surface area contributed by atoms with Crippen LogP contribution in [0.25, 0.3) is 11.5 Å². The predicted molar refractivity (Wildman–Crippen MR) is 90.4 cm³/mol. The van der Waals surface area contributed by atoms with E-state index >= 15 is 0 Å². The number of rotatable bonds is 2. The number of aromatic nitrogens is 2. The number of hydrogen-bond acceptors (Lipinski definition) is 5. The fraction of sp³-hybridized carbons (Fsp3) is 0.211. The van der Waals surface area contributed by atoms with Crippen LogP contribution in [0.2, 0.25) is 0 Å². The molecule has 0 spiro atoms. The van der Waals surface area contributed by atoms with Crippen LogP contribution in [0.3, 0.4) is 0 Å².